The van der Waals surface area contributed by atoms with Crippen molar-refractivity contribution in [1.29, 1.82) is 0 Å². The van der Waals surface area contributed by atoms with E-state index < -0.39 is 6.04 Å². The molecule has 166 valence electrons. The summed E-state index contributed by atoms with van der Waals surface area (Å²) in [4.78, 5) is 28.5. The summed E-state index contributed by atoms with van der Waals surface area (Å²) in [5.74, 6) is -0.216. The van der Waals surface area contributed by atoms with E-state index in [4.69, 9.17) is 5.73 Å². The number of benzene rings is 2. The minimum Gasteiger partial charge on any atom is -0.336 e. The Kier molecular flexibility index (Phi) is 7.22. The number of nitrogens with zero attached hydrogens (tertiary/aromatic N) is 1. The van der Waals surface area contributed by atoms with E-state index in [2.05, 4.69) is 41.7 Å². The summed E-state index contributed by atoms with van der Waals surface area (Å²) in [6.45, 7) is 6.69. The highest BCUT2D eigenvalue weighted by molar-refractivity contribution is 6.04. The normalized spacial score (nSPS) is 12.0. The fourth-order valence-corrected chi connectivity index (χ4v) is 3.07. The first kappa shape index (κ1) is 23.0. The van der Waals surface area contributed by atoms with E-state index in [0.717, 1.165) is 5.56 Å². The molecule has 0 aliphatic heterocycles. The zero-order chi connectivity index (χ0) is 23.1. The topological polar surface area (TPSA) is 109 Å². The van der Waals surface area contributed by atoms with E-state index in [1.165, 1.54) is 5.56 Å². The van der Waals surface area contributed by atoms with Crippen LogP contribution in [-0.2, 0) is 5.41 Å². The standard InChI is InChI=1S/C25H29N5O2/c1-25(2,3)19-8-10-20(11-9-19)30-24(32)28-16-22(26)17-4-6-18(7-5-17)23(31)29-21-12-14-27-15-13-21/h4-15,22H,16,26H2,1-3H3,(H,27,29,31)(H2,28,30,32). The third-order valence-electron chi connectivity index (χ3n) is 5.03. The number of amides is 3. The molecular formula is C25H29N5O2. The average Bonchev–Trinajstić information content (AvgIpc) is 2.78. The quantitative estimate of drug-likeness (QED) is 0.462. The average molecular weight is 432 g/mol. The van der Waals surface area contributed by atoms with E-state index in [0.29, 0.717) is 16.9 Å². The van der Waals surface area contributed by atoms with Gasteiger partial charge in [0.05, 0.1) is 0 Å². The summed E-state index contributed by atoms with van der Waals surface area (Å²) < 4.78 is 0. The summed E-state index contributed by atoms with van der Waals surface area (Å²) in [7, 11) is 0. The number of aromatic nitrogens is 1. The van der Waals surface area contributed by atoms with Crippen LogP contribution in [0, 0.1) is 0 Å². The number of urea groups is 1. The van der Waals surface area contributed by atoms with E-state index in [-0.39, 0.29) is 23.9 Å². The van der Waals surface area contributed by atoms with Crippen LogP contribution in [-0.4, -0.2) is 23.5 Å². The van der Waals surface area contributed by atoms with Gasteiger partial charge in [0.1, 0.15) is 0 Å². The van der Waals surface area contributed by atoms with Crippen molar-refractivity contribution in [3.05, 3.63) is 89.7 Å². The fraction of sp³-hybridized carbons (Fsp3) is 0.240. The number of nitrogens with two attached hydrogens (primary N) is 1. The van der Waals surface area contributed by atoms with Crippen LogP contribution in [0.15, 0.2) is 73.1 Å². The van der Waals surface area contributed by atoms with Crippen LogP contribution in [0.3, 0.4) is 0 Å². The van der Waals surface area contributed by atoms with Crippen molar-refractivity contribution < 1.29 is 9.59 Å². The Labute approximate surface area is 188 Å². The molecule has 32 heavy (non-hydrogen) atoms. The van der Waals surface area contributed by atoms with E-state index >= 15 is 0 Å². The van der Waals surface area contributed by atoms with Gasteiger partial charge in [0, 0.05) is 41.9 Å². The van der Waals surface area contributed by atoms with Crippen LogP contribution in [0.5, 0.6) is 0 Å². The predicted octanol–water partition coefficient (Wildman–Crippen LogP) is 4.45. The Balaban J connectivity index is 1.49. The molecule has 0 aliphatic rings. The predicted molar refractivity (Wildman–Crippen MR) is 128 cm³/mol. The van der Waals surface area contributed by atoms with Gasteiger partial charge >= 0.3 is 6.03 Å². The second kappa shape index (κ2) is 10.1. The molecule has 3 rings (SSSR count). The second-order valence-corrected chi connectivity index (χ2v) is 8.58. The van der Waals surface area contributed by atoms with Crippen LogP contribution in [0.4, 0.5) is 16.2 Å². The zero-order valence-corrected chi connectivity index (χ0v) is 18.6. The van der Waals surface area contributed by atoms with Crippen LogP contribution in [0.25, 0.3) is 0 Å². The molecule has 1 aromatic heterocycles. The number of nitrogens with one attached hydrogen (secondary N) is 3. The number of hydrogen-bond donors (Lipinski definition) is 4. The summed E-state index contributed by atoms with van der Waals surface area (Å²) in [5.41, 5.74) is 10.2. The molecule has 0 spiro atoms. The van der Waals surface area contributed by atoms with E-state index in [1.807, 2.05) is 24.3 Å². The molecule has 1 heterocycles. The van der Waals surface area contributed by atoms with Gasteiger partial charge < -0.3 is 21.7 Å². The maximum Gasteiger partial charge on any atom is 0.319 e. The minimum atomic E-state index is -0.402. The Morgan fingerprint density at radius 1 is 0.875 bits per heavy atom. The van der Waals surface area contributed by atoms with Crippen molar-refractivity contribution in [2.75, 3.05) is 17.2 Å². The van der Waals surface area contributed by atoms with Gasteiger partial charge in [0.25, 0.3) is 5.91 Å². The molecule has 2 aromatic carbocycles. The summed E-state index contributed by atoms with van der Waals surface area (Å²) >= 11 is 0. The summed E-state index contributed by atoms with van der Waals surface area (Å²) in [6.07, 6.45) is 3.23. The third-order valence-corrected chi connectivity index (χ3v) is 5.03. The summed E-state index contributed by atoms with van der Waals surface area (Å²) in [6, 6.07) is 17.5. The molecule has 0 fully saturated rings. The third kappa shape index (κ3) is 6.39. The lowest BCUT2D eigenvalue weighted by Crippen LogP contribution is -2.35. The van der Waals surface area contributed by atoms with Gasteiger partial charge in [0.15, 0.2) is 0 Å². The lowest BCUT2D eigenvalue weighted by atomic mass is 9.87. The van der Waals surface area contributed by atoms with Crippen molar-refractivity contribution in [1.82, 2.24) is 10.3 Å². The van der Waals surface area contributed by atoms with Gasteiger partial charge in [-0.05, 0) is 52.9 Å². The first-order chi connectivity index (χ1) is 15.2. The van der Waals surface area contributed by atoms with Crippen LogP contribution >= 0.6 is 0 Å². The van der Waals surface area contributed by atoms with Gasteiger partial charge in [-0.2, -0.15) is 0 Å². The van der Waals surface area contributed by atoms with Crippen molar-refractivity contribution in [3.8, 4) is 0 Å². The zero-order valence-electron chi connectivity index (χ0n) is 18.6. The second-order valence-electron chi connectivity index (χ2n) is 8.58. The molecule has 3 aromatic rings. The highest BCUT2D eigenvalue weighted by Gasteiger charge is 2.14. The van der Waals surface area contributed by atoms with E-state index in [1.54, 1.807) is 48.8 Å². The molecule has 7 nitrogen and oxygen atoms in total. The number of pyridine rings is 1. The summed E-state index contributed by atoms with van der Waals surface area (Å²) in [5, 5.41) is 8.40. The number of carbonyl (C=O) groups excluding carboxylic acids is 2. The lowest BCUT2D eigenvalue weighted by Gasteiger charge is -2.19. The Morgan fingerprint density at radius 2 is 1.47 bits per heavy atom. The maximum atomic E-state index is 12.3. The van der Waals surface area contributed by atoms with Crippen LogP contribution < -0.4 is 21.7 Å². The SMILES string of the molecule is CC(C)(C)c1ccc(NC(=O)NCC(N)c2ccc(C(=O)Nc3ccncc3)cc2)cc1. The molecule has 0 radical (unpaired) electrons. The number of anilines is 2. The van der Waals surface area contributed by atoms with Crippen LogP contribution in [0.1, 0.15) is 48.3 Å². The molecule has 3 amide bonds. The highest BCUT2D eigenvalue weighted by Crippen LogP contribution is 2.23. The van der Waals surface area contributed by atoms with Gasteiger partial charge in [-0.15, -0.1) is 0 Å². The minimum absolute atomic E-state index is 0.0583. The molecule has 5 N–H and O–H groups in total. The highest BCUT2D eigenvalue weighted by atomic mass is 16.2. The molecule has 7 heteroatoms. The molecule has 0 saturated heterocycles. The Bertz CT molecular complexity index is 1040. The molecule has 1 atom stereocenters. The number of carbonyl (C=O) groups is 2. The number of hydrogen-bond acceptors (Lipinski definition) is 4. The maximum absolute atomic E-state index is 12.3. The smallest absolute Gasteiger partial charge is 0.319 e. The van der Waals surface area contributed by atoms with Crippen molar-refractivity contribution >= 4 is 23.3 Å². The molecule has 0 saturated carbocycles. The van der Waals surface area contributed by atoms with Crippen molar-refractivity contribution in [2.24, 2.45) is 5.73 Å². The van der Waals surface area contributed by atoms with Gasteiger partial charge in [-0.3, -0.25) is 9.78 Å². The fourth-order valence-electron chi connectivity index (χ4n) is 3.07. The first-order valence-electron chi connectivity index (χ1n) is 10.4. The monoisotopic (exact) mass is 431 g/mol. The first-order valence-corrected chi connectivity index (χ1v) is 10.4. The van der Waals surface area contributed by atoms with Crippen molar-refractivity contribution in [3.63, 3.8) is 0 Å². The Hall–Kier alpha value is -3.71. The lowest BCUT2D eigenvalue weighted by molar-refractivity contribution is 0.102. The van der Waals surface area contributed by atoms with Gasteiger partial charge in [-0.1, -0.05) is 45.0 Å². The molecular weight excluding hydrogens is 402 g/mol. The van der Waals surface area contributed by atoms with Gasteiger partial charge in [0.2, 0.25) is 0 Å². The molecule has 1 unspecified atom stereocenters. The molecule has 0 aliphatic carbocycles. The molecule has 0 bridgehead atoms. The van der Waals surface area contributed by atoms with Crippen LogP contribution in [0.2, 0.25) is 0 Å². The van der Waals surface area contributed by atoms with Crippen molar-refractivity contribution in [2.45, 2.75) is 32.2 Å². The van der Waals surface area contributed by atoms with E-state index in [9.17, 15) is 9.59 Å². The Morgan fingerprint density at radius 3 is 2.06 bits per heavy atom. The number of rotatable bonds is 6. The van der Waals surface area contributed by atoms with Gasteiger partial charge in [-0.25, -0.2) is 4.79 Å². The largest absolute Gasteiger partial charge is 0.336 e.